The molecule has 4 heterocycles. The van der Waals surface area contributed by atoms with Gasteiger partial charge in [-0.15, -0.1) is 0 Å². The number of amides is 1. The first kappa shape index (κ1) is 28.0. The van der Waals surface area contributed by atoms with Crippen LogP contribution in [0.25, 0.3) is 21.6 Å². The molecule has 0 aliphatic carbocycles. The molecule has 12 heteroatoms. The van der Waals surface area contributed by atoms with Crippen molar-refractivity contribution in [2.45, 2.75) is 19.9 Å². The van der Waals surface area contributed by atoms with Gasteiger partial charge in [0.05, 0.1) is 55.5 Å². The predicted molar refractivity (Wildman–Crippen MR) is 162 cm³/mol. The number of hydrogen-bond acceptors (Lipinski definition) is 10. The molecule has 0 bridgehead atoms. The number of benzene rings is 2. The van der Waals surface area contributed by atoms with E-state index in [2.05, 4.69) is 4.98 Å². The summed E-state index contributed by atoms with van der Waals surface area (Å²) in [7, 11) is 4.43. The molecule has 1 aliphatic rings. The third-order valence-electron chi connectivity index (χ3n) is 7.24. The zero-order valence-corrected chi connectivity index (χ0v) is 24.9. The monoisotopic (exact) mass is 600 g/mol. The highest BCUT2D eigenvalue weighted by Crippen LogP contribution is 2.48. The van der Waals surface area contributed by atoms with Gasteiger partial charge in [0.15, 0.2) is 22.4 Å². The Kier molecular flexibility index (Phi) is 7.14. The van der Waals surface area contributed by atoms with Crippen molar-refractivity contribution in [3.05, 3.63) is 77.3 Å². The van der Waals surface area contributed by atoms with Crippen molar-refractivity contribution in [2.24, 2.45) is 0 Å². The van der Waals surface area contributed by atoms with Crippen LogP contribution in [0.4, 0.5) is 5.13 Å². The quantitative estimate of drug-likeness (QED) is 0.143. The summed E-state index contributed by atoms with van der Waals surface area (Å²) in [5.74, 6) is -0.427. The molecule has 1 aliphatic heterocycles. The molecule has 1 amide bonds. The lowest BCUT2D eigenvalue weighted by Crippen LogP contribution is -2.29. The molecule has 2 aromatic carbocycles. The number of Topliss-reactive ketones (excluding diaryl/α,β-unsaturated/α-hetero) is 1. The number of aliphatic hydroxyl groups is 1. The number of aliphatic hydroxyl groups excluding tert-OH is 1. The van der Waals surface area contributed by atoms with Gasteiger partial charge in [-0.2, -0.15) is 0 Å². The van der Waals surface area contributed by atoms with Crippen molar-refractivity contribution in [2.75, 3.05) is 32.8 Å². The molecule has 1 saturated heterocycles. The summed E-state index contributed by atoms with van der Waals surface area (Å²) in [6.45, 7) is 4.12. The van der Waals surface area contributed by atoms with E-state index in [1.807, 2.05) is 19.1 Å². The molecule has 1 atom stereocenters. The van der Waals surface area contributed by atoms with Crippen LogP contribution < -0.4 is 23.8 Å². The summed E-state index contributed by atoms with van der Waals surface area (Å²) in [6.07, 6.45) is 1.73. The molecule has 0 radical (unpaired) electrons. The second-order valence-electron chi connectivity index (χ2n) is 9.66. The Balaban J connectivity index is 1.62. The molecule has 3 aromatic heterocycles. The maximum absolute atomic E-state index is 13.9. The number of anilines is 1. The summed E-state index contributed by atoms with van der Waals surface area (Å²) in [5, 5.41) is 12.1. The Morgan fingerprint density at radius 1 is 1.00 bits per heavy atom. The van der Waals surface area contributed by atoms with Crippen molar-refractivity contribution >= 4 is 49.8 Å². The van der Waals surface area contributed by atoms with Crippen LogP contribution in [0, 0.1) is 6.92 Å². The van der Waals surface area contributed by atoms with Crippen LogP contribution in [0.5, 0.6) is 23.0 Å². The van der Waals surface area contributed by atoms with E-state index >= 15 is 0 Å². The van der Waals surface area contributed by atoms with Gasteiger partial charge in [-0.3, -0.25) is 18.9 Å². The fourth-order valence-electron chi connectivity index (χ4n) is 5.38. The molecule has 1 unspecified atom stereocenters. The molecule has 0 saturated carbocycles. The van der Waals surface area contributed by atoms with E-state index in [0.29, 0.717) is 57.7 Å². The van der Waals surface area contributed by atoms with E-state index in [0.717, 1.165) is 4.70 Å². The second kappa shape index (κ2) is 11.0. The number of carbonyl (C=O) groups excluding carboxylic acids is 2. The minimum atomic E-state index is -1.09. The smallest absolute Gasteiger partial charge is 0.301 e. The fourth-order valence-corrected chi connectivity index (χ4v) is 6.40. The third-order valence-corrected chi connectivity index (χ3v) is 8.26. The van der Waals surface area contributed by atoms with Crippen molar-refractivity contribution in [3.8, 4) is 23.0 Å². The van der Waals surface area contributed by atoms with Gasteiger partial charge in [0.1, 0.15) is 17.1 Å². The number of thiazole rings is 1. The van der Waals surface area contributed by atoms with E-state index in [-0.39, 0.29) is 16.5 Å². The van der Waals surface area contributed by atoms with Crippen LogP contribution >= 0.6 is 11.3 Å². The van der Waals surface area contributed by atoms with Gasteiger partial charge in [0, 0.05) is 6.20 Å². The summed E-state index contributed by atoms with van der Waals surface area (Å²) >= 11 is 1.24. The van der Waals surface area contributed by atoms with E-state index in [4.69, 9.17) is 23.9 Å². The summed E-state index contributed by atoms with van der Waals surface area (Å²) in [5.41, 5.74) is 2.32. The molecule has 11 nitrogen and oxygen atoms in total. The van der Waals surface area contributed by atoms with E-state index < -0.39 is 17.7 Å². The number of aryl methyl sites for hydroxylation is 1. The number of aromatic nitrogens is 3. The minimum absolute atomic E-state index is 0.123. The first-order valence-corrected chi connectivity index (χ1v) is 14.2. The molecule has 0 spiro atoms. The maximum Gasteiger partial charge on any atom is 0.301 e. The Labute approximate surface area is 250 Å². The average molecular weight is 601 g/mol. The largest absolute Gasteiger partial charge is 0.505 e. The number of ether oxygens (including phenoxy) is 4. The van der Waals surface area contributed by atoms with Crippen molar-refractivity contribution in [3.63, 3.8) is 0 Å². The number of nitrogens with zero attached hydrogens (tertiary/aromatic N) is 4. The normalized spacial score (nSPS) is 16.3. The molecule has 6 rings (SSSR count). The van der Waals surface area contributed by atoms with Gasteiger partial charge in [-0.25, -0.2) is 9.97 Å². The first-order valence-electron chi connectivity index (χ1n) is 13.4. The Morgan fingerprint density at radius 2 is 1.74 bits per heavy atom. The maximum atomic E-state index is 13.9. The standard InChI is InChI=1S/C31H28N4O7S/c1-6-42-18-10-11-19-22(15-18)43-31(33-19)35-26(17-13-20(39-3)29(41-5)21(14-17)40-4)24(28(37)30(35)38)27(36)25-16(2)32-23-9-7-8-12-34(23)25/h7-15,26,36H,6H2,1-5H3. The number of imidazole rings is 1. The Bertz CT molecular complexity index is 1920. The molecular formula is C31H28N4O7S. The van der Waals surface area contributed by atoms with Gasteiger partial charge in [-0.05, 0) is 61.9 Å². The van der Waals surface area contributed by atoms with Gasteiger partial charge < -0.3 is 24.1 Å². The summed E-state index contributed by atoms with van der Waals surface area (Å²) in [6, 6.07) is 13.1. The van der Waals surface area contributed by atoms with E-state index in [9.17, 15) is 14.7 Å². The number of rotatable bonds is 8. The Morgan fingerprint density at radius 3 is 2.42 bits per heavy atom. The van der Waals surface area contributed by atoms with Gasteiger partial charge >= 0.3 is 5.91 Å². The van der Waals surface area contributed by atoms with Crippen molar-refractivity contribution in [1.29, 1.82) is 0 Å². The number of methoxy groups -OCH3 is 3. The number of ketones is 1. The molecular weight excluding hydrogens is 572 g/mol. The third kappa shape index (κ3) is 4.50. The topological polar surface area (TPSA) is 125 Å². The molecule has 220 valence electrons. The average Bonchev–Trinajstić information content (AvgIpc) is 3.66. The van der Waals surface area contributed by atoms with Gasteiger partial charge in [0.2, 0.25) is 5.75 Å². The van der Waals surface area contributed by atoms with E-state index in [1.165, 1.54) is 37.6 Å². The highest BCUT2D eigenvalue weighted by Gasteiger charge is 2.49. The van der Waals surface area contributed by atoms with E-state index in [1.54, 1.807) is 53.9 Å². The number of carbonyl (C=O) groups is 2. The summed E-state index contributed by atoms with van der Waals surface area (Å²) < 4.78 is 24.8. The lowest BCUT2D eigenvalue weighted by atomic mass is 9.95. The number of fused-ring (bicyclic) bond motifs is 2. The lowest BCUT2D eigenvalue weighted by molar-refractivity contribution is -0.132. The van der Waals surface area contributed by atoms with Crippen molar-refractivity contribution < 1.29 is 33.6 Å². The number of pyridine rings is 1. The van der Waals surface area contributed by atoms with Crippen LogP contribution in [0.3, 0.4) is 0 Å². The Hall–Kier alpha value is -5.10. The minimum Gasteiger partial charge on any atom is -0.505 e. The summed E-state index contributed by atoms with van der Waals surface area (Å²) in [4.78, 5) is 38.3. The first-order chi connectivity index (χ1) is 20.8. The second-order valence-corrected chi connectivity index (χ2v) is 10.7. The van der Waals surface area contributed by atoms with Crippen LogP contribution in [-0.2, 0) is 9.59 Å². The zero-order valence-electron chi connectivity index (χ0n) is 24.1. The zero-order chi connectivity index (χ0) is 30.4. The van der Waals surface area contributed by atoms with Crippen LogP contribution in [0.2, 0.25) is 0 Å². The fraction of sp³-hybridized carbons (Fsp3) is 0.226. The molecule has 1 N–H and O–H groups in total. The molecule has 1 fully saturated rings. The van der Waals surface area contributed by atoms with Crippen LogP contribution in [-0.4, -0.2) is 59.1 Å². The van der Waals surface area contributed by atoms with Gasteiger partial charge in [0.25, 0.3) is 5.78 Å². The van der Waals surface area contributed by atoms with Gasteiger partial charge in [-0.1, -0.05) is 17.4 Å². The number of hydrogen-bond donors (Lipinski definition) is 1. The lowest BCUT2D eigenvalue weighted by Gasteiger charge is -2.24. The SMILES string of the molecule is CCOc1ccc2nc(N3C(=O)C(=O)C(=C(O)c4c(C)nc5ccccn45)C3c3cc(OC)c(OC)c(OC)c3)sc2c1. The van der Waals surface area contributed by atoms with Crippen LogP contribution in [0.15, 0.2) is 60.3 Å². The van der Waals surface area contributed by atoms with Crippen LogP contribution in [0.1, 0.15) is 29.9 Å². The molecule has 43 heavy (non-hydrogen) atoms. The highest BCUT2D eigenvalue weighted by atomic mass is 32.1. The predicted octanol–water partition coefficient (Wildman–Crippen LogP) is 5.30. The highest BCUT2D eigenvalue weighted by molar-refractivity contribution is 7.22. The molecule has 5 aromatic rings. The van der Waals surface area contributed by atoms with Crippen molar-refractivity contribution in [1.82, 2.24) is 14.4 Å².